The van der Waals surface area contributed by atoms with Gasteiger partial charge in [-0.15, -0.1) is 0 Å². The van der Waals surface area contributed by atoms with E-state index in [-0.39, 0.29) is 64.1 Å². The quantitative estimate of drug-likeness (QED) is 0.279. The Hall–Kier alpha value is -3.03. The maximum absolute atomic E-state index is 14.4. The second-order valence-corrected chi connectivity index (χ2v) is 18.7. The minimum absolute atomic E-state index is 0.0129. The number of aromatic nitrogens is 1. The SMILES string of the molecule is CC(C)C1=C2C3CCC4[C@@]5(C)CC[C@H](OC(=O)CC(C)(C)C(=O)O)C(C)(C)C5CC[C@@]4(C)[C@]3(C)CC[C@@]2(C(=O)Nc2cccnc2)CC1=O. The lowest BCUT2D eigenvalue weighted by Crippen LogP contribution is -2.66. The van der Waals surface area contributed by atoms with Gasteiger partial charge in [0.25, 0.3) is 0 Å². The summed E-state index contributed by atoms with van der Waals surface area (Å²) in [6.07, 6.45) is 10.6. The Morgan fingerprint density at radius 2 is 1.69 bits per heavy atom. The van der Waals surface area contributed by atoms with E-state index in [0.717, 1.165) is 56.1 Å². The highest BCUT2D eigenvalue weighted by Gasteiger charge is 2.71. The summed E-state index contributed by atoms with van der Waals surface area (Å²) in [6.45, 7) is 19.4. The molecule has 8 heteroatoms. The number of pyridine rings is 1. The summed E-state index contributed by atoms with van der Waals surface area (Å²) in [6, 6.07) is 3.68. The predicted molar refractivity (Wildman–Crippen MR) is 188 cm³/mol. The number of ether oxygens (including phenoxy) is 1. The number of hydrogen-bond donors (Lipinski definition) is 2. The average Bonchev–Trinajstić information content (AvgIpc) is 3.32. The van der Waals surface area contributed by atoms with Crippen LogP contribution in [0.2, 0.25) is 0 Å². The fourth-order valence-corrected chi connectivity index (χ4v) is 12.4. The van der Waals surface area contributed by atoms with Gasteiger partial charge in [-0.2, -0.15) is 0 Å². The van der Waals surface area contributed by atoms with Crippen molar-refractivity contribution >= 4 is 29.3 Å². The van der Waals surface area contributed by atoms with Gasteiger partial charge in [-0.25, -0.2) is 0 Å². The van der Waals surface area contributed by atoms with Crippen LogP contribution in [-0.4, -0.2) is 39.8 Å². The van der Waals surface area contributed by atoms with Crippen LogP contribution in [0.15, 0.2) is 35.7 Å². The predicted octanol–water partition coefficient (Wildman–Crippen LogP) is 8.41. The van der Waals surface area contributed by atoms with E-state index in [9.17, 15) is 24.3 Å². The Balaban J connectivity index is 1.31. The number of carboxylic acids is 1. The van der Waals surface area contributed by atoms with E-state index >= 15 is 0 Å². The fraction of sp³-hybridized carbons (Fsp3) is 0.732. The van der Waals surface area contributed by atoms with Gasteiger partial charge in [-0.3, -0.25) is 24.2 Å². The molecular weight excluding hydrogens is 616 g/mol. The van der Waals surface area contributed by atoms with Gasteiger partial charge in [0.2, 0.25) is 5.91 Å². The molecule has 3 unspecified atom stereocenters. The Morgan fingerprint density at radius 1 is 0.980 bits per heavy atom. The second-order valence-electron chi connectivity index (χ2n) is 18.7. The van der Waals surface area contributed by atoms with E-state index in [1.807, 2.05) is 12.1 Å². The smallest absolute Gasteiger partial charge is 0.309 e. The van der Waals surface area contributed by atoms with Gasteiger partial charge in [-0.1, -0.05) is 48.5 Å². The Bertz CT molecular complexity index is 1580. The van der Waals surface area contributed by atoms with Crippen molar-refractivity contribution < 1.29 is 29.0 Å². The van der Waals surface area contributed by atoms with Crippen LogP contribution in [0, 0.1) is 56.2 Å². The molecule has 0 bridgehead atoms. The number of nitrogens with zero attached hydrogens (tertiary/aromatic N) is 1. The van der Waals surface area contributed by atoms with Crippen LogP contribution in [0.25, 0.3) is 0 Å². The molecule has 5 aliphatic rings. The van der Waals surface area contributed by atoms with Crippen LogP contribution in [0.3, 0.4) is 0 Å². The number of fused-ring (bicyclic) bond motifs is 7. The molecule has 5 aliphatic carbocycles. The molecule has 8 nitrogen and oxygen atoms in total. The van der Waals surface area contributed by atoms with Crippen molar-refractivity contribution in [2.45, 2.75) is 133 Å². The van der Waals surface area contributed by atoms with E-state index in [2.05, 4.69) is 58.8 Å². The maximum atomic E-state index is 14.4. The number of amides is 1. The minimum Gasteiger partial charge on any atom is -0.481 e. The van der Waals surface area contributed by atoms with Gasteiger partial charge < -0.3 is 15.2 Å². The number of carboxylic acid groups (broad SMARTS) is 1. The zero-order chi connectivity index (χ0) is 35.9. The number of ketones is 1. The largest absolute Gasteiger partial charge is 0.481 e. The molecule has 0 aliphatic heterocycles. The third kappa shape index (κ3) is 5.23. The van der Waals surface area contributed by atoms with Gasteiger partial charge in [0.05, 0.1) is 29.1 Å². The Labute approximate surface area is 292 Å². The number of nitrogens with one attached hydrogen (secondary N) is 1. The van der Waals surface area contributed by atoms with Crippen LogP contribution in [-0.2, 0) is 23.9 Å². The highest BCUT2D eigenvalue weighted by molar-refractivity contribution is 6.09. The van der Waals surface area contributed by atoms with Crippen molar-refractivity contribution in [3.05, 3.63) is 35.7 Å². The summed E-state index contributed by atoms with van der Waals surface area (Å²) in [5, 5.41) is 12.7. The minimum atomic E-state index is -1.17. The molecule has 0 aromatic carbocycles. The summed E-state index contributed by atoms with van der Waals surface area (Å²) in [4.78, 5) is 57.2. The number of hydrogen-bond acceptors (Lipinski definition) is 6. The van der Waals surface area contributed by atoms with Crippen molar-refractivity contribution in [3.63, 3.8) is 0 Å². The van der Waals surface area contributed by atoms with Gasteiger partial charge in [0.15, 0.2) is 5.78 Å². The van der Waals surface area contributed by atoms with Crippen LogP contribution < -0.4 is 5.32 Å². The molecule has 0 spiro atoms. The van der Waals surface area contributed by atoms with E-state index in [0.29, 0.717) is 23.9 Å². The van der Waals surface area contributed by atoms with Crippen LogP contribution in [0.4, 0.5) is 5.69 Å². The third-order valence-electron chi connectivity index (χ3n) is 15.2. The molecule has 0 saturated heterocycles. The number of rotatable bonds is 7. The van der Waals surface area contributed by atoms with E-state index < -0.39 is 22.8 Å². The molecule has 1 heterocycles. The topological polar surface area (TPSA) is 123 Å². The third-order valence-corrected chi connectivity index (χ3v) is 15.2. The molecule has 1 aromatic heterocycles. The molecular formula is C41H58N2O6. The number of carbonyl (C=O) groups excluding carboxylic acids is 3. The first-order chi connectivity index (χ1) is 22.7. The van der Waals surface area contributed by atoms with Gasteiger partial charge in [-0.05, 0) is 128 Å². The first-order valence-corrected chi connectivity index (χ1v) is 18.7. The molecule has 4 saturated carbocycles. The number of aliphatic carboxylic acids is 1. The fourth-order valence-electron chi connectivity index (χ4n) is 12.4. The number of carbonyl (C=O) groups is 4. The van der Waals surface area contributed by atoms with Crippen molar-refractivity contribution in [1.29, 1.82) is 0 Å². The van der Waals surface area contributed by atoms with Gasteiger partial charge in [0.1, 0.15) is 6.10 Å². The molecule has 6 rings (SSSR count). The Kier molecular flexibility index (Phi) is 8.59. The number of Topliss-reactive ketones (excluding diaryl/α,β-unsaturated/α-hetero) is 1. The lowest BCUT2D eigenvalue weighted by Gasteiger charge is -2.72. The van der Waals surface area contributed by atoms with Gasteiger partial charge >= 0.3 is 11.9 Å². The van der Waals surface area contributed by atoms with Crippen molar-refractivity contribution in [2.24, 2.45) is 56.2 Å². The van der Waals surface area contributed by atoms with E-state index in [1.165, 1.54) is 0 Å². The number of anilines is 1. The molecule has 1 amide bonds. The normalized spacial score (nSPS) is 38.2. The summed E-state index contributed by atoms with van der Waals surface area (Å²) in [5.41, 5.74) is 0.432. The molecule has 2 N–H and O–H groups in total. The first kappa shape index (κ1) is 35.8. The lowest BCUT2D eigenvalue weighted by molar-refractivity contribution is -0.233. The molecule has 0 radical (unpaired) electrons. The molecule has 268 valence electrons. The summed E-state index contributed by atoms with van der Waals surface area (Å²) in [7, 11) is 0. The summed E-state index contributed by atoms with van der Waals surface area (Å²) >= 11 is 0. The molecule has 4 fully saturated rings. The highest BCUT2D eigenvalue weighted by Crippen LogP contribution is 2.76. The van der Waals surface area contributed by atoms with E-state index in [4.69, 9.17) is 4.74 Å². The standard InChI is InChI=1S/C41H58N2O6/c1-24(2)32-27(44)21-41(34(46)43-25-11-10-20-42-23-25)19-18-39(8)26(33(32)41)12-13-29-38(7)16-15-30(49-31(45)22-36(3,4)35(47)48)37(5,6)28(38)14-17-40(29,39)9/h10-11,20,23-24,26,28-30H,12-19,21-22H2,1-9H3,(H,43,46)(H,47,48)/t26?,28?,29?,30-,38-,39+,40+,41+/m0/s1. The zero-order valence-corrected chi connectivity index (χ0v) is 31.2. The first-order valence-electron chi connectivity index (χ1n) is 18.7. The maximum Gasteiger partial charge on any atom is 0.309 e. The van der Waals surface area contributed by atoms with Crippen molar-refractivity contribution in [2.75, 3.05) is 5.32 Å². The van der Waals surface area contributed by atoms with Gasteiger partial charge in [0, 0.05) is 18.0 Å². The monoisotopic (exact) mass is 674 g/mol. The number of allylic oxidation sites excluding steroid dienone is 1. The van der Waals surface area contributed by atoms with Crippen LogP contribution in [0.5, 0.6) is 0 Å². The molecule has 1 aromatic rings. The molecule has 49 heavy (non-hydrogen) atoms. The van der Waals surface area contributed by atoms with E-state index in [1.54, 1.807) is 26.2 Å². The highest BCUT2D eigenvalue weighted by atomic mass is 16.5. The number of esters is 1. The lowest BCUT2D eigenvalue weighted by atomic mass is 9.33. The molecule has 8 atom stereocenters. The van der Waals surface area contributed by atoms with Crippen molar-refractivity contribution in [3.8, 4) is 0 Å². The summed E-state index contributed by atoms with van der Waals surface area (Å²) in [5.74, 6) is -0.330. The van der Waals surface area contributed by atoms with Crippen molar-refractivity contribution in [1.82, 2.24) is 4.98 Å². The second kappa shape index (κ2) is 11.8. The van der Waals surface area contributed by atoms with Crippen LogP contribution in [0.1, 0.15) is 127 Å². The summed E-state index contributed by atoms with van der Waals surface area (Å²) < 4.78 is 6.14. The zero-order valence-electron chi connectivity index (χ0n) is 31.2. The Morgan fingerprint density at radius 3 is 2.33 bits per heavy atom. The average molecular weight is 675 g/mol. The van der Waals surface area contributed by atoms with Crippen LogP contribution >= 0.6 is 0 Å².